The van der Waals surface area contributed by atoms with Gasteiger partial charge in [-0.15, -0.1) is 0 Å². The van der Waals surface area contributed by atoms with Crippen molar-refractivity contribution in [2.45, 2.75) is 37.6 Å². The summed E-state index contributed by atoms with van der Waals surface area (Å²) in [4.78, 5) is 29.8. The third-order valence-corrected chi connectivity index (χ3v) is 6.43. The molecule has 2 N–H and O–H groups in total. The van der Waals surface area contributed by atoms with Crippen LogP contribution in [0.4, 0.5) is 0 Å². The highest BCUT2D eigenvalue weighted by molar-refractivity contribution is 7.99. The number of amides is 1. The number of carbonyl (C=O) groups excluding carboxylic acids is 1. The number of aromatic nitrogens is 1. The number of pyridine rings is 1. The van der Waals surface area contributed by atoms with Crippen LogP contribution in [0.5, 0.6) is 0 Å². The number of H-pyrrole nitrogens is 1. The fraction of sp³-hybridized carbons (Fsp3) is 0.647. The van der Waals surface area contributed by atoms with E-state index in [0.29, 0.717) is 6.54 Å². The number of likely N-dealkylation sites (N-methyl/N-ethyl adjacent to an activating group) is 1. The average molecular weight is 335 g/mol. The van der Waals surface area contributed by atoms with Crippen LogP contribution < -0.4 is 10.9 Å². The maximum absolute atomic E-state index is 12.5. The summed E-state index contributed by atoms with van der Waals surface area (Å²) >= 11 is 1.92. The lowest BCUT2D eigenvalue weighted by Gasteiger charge is -2.35. The van der Waals surface area contributed by atoms with E-state index >= 15 is 0 Å². The number of nitrogens with one attached hydrogen (secondary N) is 2. The van der Waals surface area contributed by atoms with Gasteiger partial charge in [0.1, 0.15) is 5.56 Å². The van der Waals surface area contributed by atoms with Gasteiger partial charge in [0.2, 0.25) is 0 Å². The largest absolute Gasteiger partial charge is 0.350 e. The van der Waals surface area contributed by atoms with E-state index in [1.807, 2.05) is 11.8 Å². The summed E-state index contributed by atoms with van der Waals surface area (Å²) in [6.45, 7) is 0.586. The fourth-order valence-electron chi connectivity index (χ4n) is 3.43. The predicted octanol–water partition coefficient (Wildman–Crippen LogP) is 1.42. The van der Waals surface area contributed by atoms with Gasteiger partial charge < -0.3 is 15.2 Å². The minimum Gasteiger partial charge on any atom is -0.350 e. The lowest BCUT2D eigenvalue weighted by Crippen LogP contribution is -2.53. The van der Waals surface area contributed by atoms with Crippen LogP contribution in [0.15, 0.2) is 10.9 Å². The van der Waals surface area contributed by atoms with Crippen molar-refractivity contribution in [3.05, 3.63) is 33.2 Å². The zero-order valence-corrected chi connectivity index (χ0v) is 14.7. The molecule has 0 saturated carbocycles. The van der Waals surface area contributed by atoms with E-state index in [9.17, 15) is 9.59 Å². The van der Waals surface area contributed by atoms with Crippen molar-refractivity contribution in [3.63, 3.8) is 0 Å². The summed E-state index contributed by atoms with van der Waals surface area (Å²) in [7, 11) is 4.12. The SMILES string of the molecule is CN(C)[C@]1(CNC(=O)c2cc3c([nH]c2=O)CCCC3)CCSC1. The Morgan fingerprint density at radius 1 is 1.39 bits per heavy atom. The van der Waals surface area contributed by atoms with Gasteiger partial charge in [-0.05, 0) is 63.6 Å². The van der Waals surface area contributed by atoms with Gasteiger partial charge in [-0.25, -0.2) is 0 Å². The summed E-state index contributed by atoms with van der Waals surface area (Å²) in [6, 6.07) is 1.80. The van der Waals surface area contributed by atoms with Crippen LogP contribution in [0.25, 0.3) is 0 Å². The molecule has 23 heavy (non-hydrogen) atoms. The van der Waals surface area contributed by atoms with Crippen molar-refractivity contribution in [2.24, 2.45) is 0 Å². The lowest BCUT2D eigenvalue weighted by atomic mass is 9.94. The molecule has 1 aliphatic carbocycles. The first kappa shape index (κ1) is 16.6. The molecule has 3 rings (SSSR count). The van der Waals surface area contributed by atoms with E-state index in [1.54, 1.807) is 6.07 Å². The fourth-order valence-corrected chi connectivity index (χ4v) is 4.98. The molecular weight excluding hydrogens is 310 g/mol. The van der Waals surface area contributed by atoms with Gasteiger partial charge in [0.25, 0.3) is 11.5 Å². The molecule has 0 spiro atoms. The second-order valence-corrected chi connectivity index (χ2v) is 7.93. The Morgan fingerprint density at radius 3 is 2.87 bits per heavy atom. The Balaban J connectivity index is 1.75. The molecule has 0 radical (unpaired) electrons. The van der Waals surface area contributed by atoms with Crippen molar-refractivity contribution in [1.29, 1.82) is 0 Å². The minimum absolute atomic E-state index is 0.00129. The smallest absolute Gasteiger partial charge is 0.261 e. The van der Waals surface area contributed by atoms with Gasteiger partial charge >= 0.3 is 0 Å². The first-order valence-corrected chi connectivity index (χ1v) is 9.46. The van der Waals surface area contributed by atoms with Crippen molar-refractivity contribution in [3.8, 4) is 0 Å². The van der Waals surface area contributed by atoms with Crippen LogP contribution in [0.3, 0.4) is 0 Å². The molecule has 0 unspecified atom stereocenters. The Hall–Kier alpha value is -1.27. The molecule has 5 nitrogen and oxygen atoms in total. The predicted molar refractivity (Wildman–Crippen MR) is 94.4 cm³/mol. The van der Waals surface area contributed by atoms with E-state index in [0.717, 1.165) is 54.9 Å². The normalized spacial score (nSPS) is 23.8. The zero-order valence-electron chi connectivity index (χ0n) is 13.9. The molecule has 1 aromatic rings. The summed E-state index contributed by atoms with van der Waals surface area (Å²) in [6.07, 6.45) is 5.15. The molecule has 0 bridgehead atoms. The quantitative estimate of drug-likeness (QED) is 0.873. The lowest BCUT2D eigenvalue weighted by molar-refractivity contribution is 0.0912. The van der Waals surface area contributed by atoms with E-state index < -0.39 is 0 Å². The molecule has 1 aromatic heterocycles. The molecular formula is C17H25N3O2S. The average Bonchev–Trinajstić information content (AvgIpc) is 3.02. The molecule has 6 heteroatoms. The van der Waals surface area contributed by atoms with Crippen LogP contribution in [-0.2, 0) is 12.8 Å². The molecule has 1 fully saturated rings. The van der Waals surface area contributed by atoms with Crippen LogP contribution in [0.1, 0.15) is 40.9 Å². The maximum Gasteiger partial charge on any atom is 0.261 e. The number of hydrogen-bond acceptors (Lipinski definition) is 4. The van der Waals surface area contributed by atoms with Gasteiger partial charge in [-0.3, -0.25) is 9.59 Å². The Kier molecular flexibility index (Phi) is 4.82. The molecule has 0 aromatic carbocycles. The first-order valence-electron chi connectivity index (χ1n) is 8.30. The number of hydrogen-bond donors (Lipinski definition) is 2. The Labute approximate surface area is 141 Å². The minimum atomic E-state index is -0.261. The highest BCUT2D eigenvalue weighted by Gasteiger charge is 2.37. The van der Waals surface area contributed by atoms with Crippen LogP contribution in [-0.4, -0.2) is 53.5 Å². The van der Waals surface area contributed by atoms with E-state index in [2.05, 4.69) is 29.3 Å². The number of nitrogens with zero attached hydrogens (tertiary/aromatic N) is 1. The second kappa shape index (κ2) is 6.69. The number of carbonyl (C=O) groups is 1. The van der Waals surface area contributed by atoms with Crippen LogP contribution >= 0.6 is 11.8 Å². The first-order chi connectivity index (χ1) is 11.0. The van der Waals surface area contributed by atoms with Crippen molar-refractivity contribution in [1.82, 2.24) is 15.2 Å². The molecule has 1 amide bonds. The Morgan fingerprint density at radius 2 is 2.17 bits per heavy atom. The molecule has 126 valence electrons. The van der Waals surface area contributed by atoms with E-state index in [4.69, 9.17) is 0 Å². The van der Waals surface area contributed by atoms with Gasteiger partial charge in [0.05, 0.1) is 0 Å². The van der Waals surface area contributed by atoms with Crippen LogP contribution in [0.2, 0.25) is 0 Å². The summed E-state index contributed by atoms with van der Waals surface area (Å²) in [5.74, 6) is 1.88. The number of rotatable bonds is 4. The van der Waals surface area contributed by atoms with Gasteiger partial charge in [-0.1, -0.05) is 0 Å². The maximum atomic E-state index is 12.5. The number of thioether (sulfide) groups is 1. The third kappa shape index (κ3) is 3.33. The number of fused-ring (bicyclic) bond motifs is 1. The molecule has 2 heterocycles. The summed E-state index contributed by atoms with van der Waals surface area (Å²) < 4.78 is 0. The van der Waals surface area contributed by atoms with E-state index in [1.165, 1.54) is 0 Å². The number of aryl methyl sites for hydroxylation is 2. The van der Waals surface area contributed by atoms with Crippen LogP contribution in [0, 0.1) is 0 Å². The molecule has 2 aliphatic rings. The van der Waals surface area contributed by atoms with Crippen molar-refractivity contribution < 1.29 is 4.79 Å². The van der Waals surface area contributed by atoms with Crippen molar-refractivity contribution in [2.75, 3.05) is 32.1 Å². The highest BCUT2D eigenvalue weighted by atomic mass is 32.2. The van der Waals surface area contributed by atoms with E-state index in [-0.39, 0.29) is 22.6 Å². The second-order valence-electron chi connectivity index (χ2n) is 6.83. The standard InChI is InChI=1S/C17H25N3O2S/c1-20(2)17(7-8-23-11-17)10-18-15(21)13-9-12-5-3-4-6-14(12)19-16(13)22/h9H,3-8,10-11H2,1-2H3,(H,18,21)(H,19,22)/t17-/m0/s1. The highest BCUT2D eigenvalue weighted by Crippen LogP contribution is 2.31. The summed E-state index contributed by atoms with van der Waals surface area (Å²) in [5.41, 5.74) is 2.13. The summed E-state index contributed by atoms with van der Waals surface area (Å²) in [5, 5.41) is 3.00. The molecule has 1 saturated heterocycles. The molecule has 1 atom stereocenters. The number of aromatic amines is 1. The Bertz CT molecular complexity index is 648. The zero-order chi connectivity index (χ0) is 16.4. The van der Waals surface area contributed by atoms with Gasteiger partial charge in [0, 0.05) is 23.5 Å². The van der Waals surface area contributed by atoms with Gasteiger partial charge in [0.15, 0.2) is 0 Å². The van der Waals surface area contributed by atoms with Crippen molar-refractivity contribution >= 4 is 17.7 Å². The van der Waals surface area contributed by atoms with Gasteiger partial charge in [-0.2, -0.15) is 11.8 Å². The third-order valence-electron chi connectivity index (χ3n) is 5.19. The topological polar surface area (TPSA) is 65.2 Å². The molecule has 1 aliphatic heterocycles. The monoisotopic (exact) mass is 335 g/mol.